The Morgan fingerprint density at radius 2 is 0.693 bits per heavy atom. The van der Waals surface area contributed by atoms with Gasteiger partial charge in [0.1, 0.15) is 47.1 Å². The van der Waals surface area contributed by atoms with Gasteiger partial charge in [-0.3, -0.25) is 0 Å². The number of carboxylic acid groups (broad SMARTS) is 3. The average molecular weight is 1570 g/mol. The van der Waals surface area contributed by atoms with Crippen LogP contribution in [-0.4, -0.2) is 136 Å². The van der Waals surface area contributed by atoms with E-state index in [-0.39, 0.29) is 93.1 Å². The minimum absolute atomic E-state index is 0.117. The molecule has 0 bridgehead atoms. The number of unbranched alkanes of at least 4 members (excludes halogenated alkanes) is 6. The number of ether oxygens (including phenoxy) is 8. The fourth-order valence-corrected chi connectivity index (χ4v) is 18.8. The van der Waals surface area contributed by atoms with Crippen LogP contribution in [0.2, 0.25) is 0 Å². The molecule has 6 aliphatic carbocycles. The molecule has 0 unspecified atom stereocenters. The number of hydrogen-bond donors (Lipinski definition) is 6. The predicted molar refractivity (Wildman–Crippen MR) is 433 cm³/mol. The van der Waals surface area contributed by atoms with Crippen LogP contribution in [0.5, 0.6) is 28.7 Å². The van der Waals surface area contributed by atoms with Crippen LogP contribution in [0.4, 0.5) is 0 Å². The molecule has 0 aromatic heterocycles. The molecule has 0 aliphatic heterocycles. The van der Waals surface area contributed by atoms with Crippen LogP contribution in [0.25, 0.3) is 0 Å². The molecule has 0 spiro atoms. The zero-order valence-corrected chi connectivity index (χ0v) is 67.4. The summed E-state index contributed by atoms with van der Waals surface area (Å²) in [5.74, 6) is 1.76. The summed E-state index contributed by atoms with van der Waals surface area (Å²) >= 11 is 0. The smallest absolute Gasteiger partial charge is 0.344 e. The van der Waals surface area contributed by atoms with Crippen molar-refractivity contribution in [2.45, 2.75) is 245 Å². The second-order valence-electron chi connectivity index (χ2n) is 32.7. The van der Waals surface area contributed by atoms with Crippen molar-refractivity contribution in [2.24, 2.45) is 53.3 Å². The number of esters is 3. The highest BCUT2D eigenvalue weighted by Gasteiger charge is 2.48. The van der Waals surface area contributed by atoms with Crippen molar-refractivity contribution in [1.82, 2.24) is 0 Å². The summed E-state index contributed by atoms with van der Waals surface area (Å²) in [7, 11) is 0. The third-order valence-corrected chi connectivity index (χ3v) is 24.6. The fraction of sp³-hybridized carbons (Fsp3) is 0.553. The van der Waals surface area contributed by atoms with Gasteiger partial charge in [0.05, 0.1) is 23.9 Å². The van der Waals surface area contributed by atoms with Gasteiger partial charge in [0.25, 0.3) is 0 Å². The summed E-state index contributed by atoms with van der Waals surface area (Å²) in [5, 5.41) is 60.2. The van der Waals surface area contributed by atoms with Gasteiger partial charge in [-0.05, 0) is 290 Å². The molecule has 114 heavy (non-hydrogen) atoms. The molecule has 0 radical (unpaired) electrons. The molecular weight excluding hydrogens is 1450 g/mol. The standard InChI is InChI=1S/C32H42O7.C31H40O7.C31H40O6/c1-3-4-5-8-25(39-32(36)20-37-24-12-10-21(2)11-13-24)14-15-26-27-16-22-7-6-9-30(38-19-31(34)35)28(22)17-23(27)18-29(26)33;1-2-3-5-12-24(38-31(35)20-36-23-10-6-4-7-11-23)14-15-25-26-16-21-9-8-13-29(37-19-30(33)34)27(21)17-22(26)18-28(25)32;1-3-4-5-8-24(37-31(35)21-12-10-20(2)11-13-21)14-15-25-26-16-22-7-6-9-29(36-19-30(33)34)27(22)17-23(26)18-28(25)32/h6-7,9-13,23,25-27,29,33H,3-5,8,14-20H2,1-2H3,(H,34,35);4,6-11,13,22,24-26,28,32H,2-3,5,12,14-20H2,1H3,(H,33,34);6-7,9-13,23-26,28,32H,3-5,8,14-19H2,1-2H3,(H,33,34)/t23-,25-,26+,27-,29+;22-,24-,25+,26-,28+;23-,24-,25+,26-,28+/m000/s1. The highest BCUT2D eigenvalue weighted by Crippen LogP contribution is 2.52. The minimum Gasteiger partial charge on any atom is -0.482 e. The van der Waals surface area contributed by atoms with Crippen LogP contribution in [-0.2, 0) is 76.7 Å². The average Bonchev–Trinajstić information content (AvgIpc) is 1.64. The molecule has 618 valence electrons. The number of carbonyl (C=O) groups excluding carboxylic acids is 3. The van der Waals surface area contributed by atoms with Crippen LogP contribution in [0.3, 0.4) is 0 Å². The Morgan fingerprint density at radius 1 is 0.360 bits per heavy atom. The number of carbonyl (C=O) groups is 6. The minimum atomic E-state index is -0.992. The van der Waals surface area contributed by atoms with E-state index in [2.05, 4.69) is 39.0 Å². The maximum Gasteiger partial charge on any atom is 0.344 e. The van der Waals surface area contributed by atoms with Crippen LogP contribution < -0.4 is 23.7 Å². The number of aryl methyl sites for hydroxylation is 2. The van der Waals surface area contributed by atoms with Crippen LogP contribution in [0.15, 0.2) is 133 Å². The quantitative estimate of drug-likeness (QED) is 0.0118. The van der Waals surface area contributed by atoms with Crippen molar-refractivity contribution in [2.75, 3.05) is 33.0 Å². The van der Waals surface area contributed by atoms with Gasteiger partial charge >= 0.3 is 35.8 Å². The number of benzene rings is 6. The molecule has 20 heteroatoms. The summed E-state index contributed by atoms with van der Waals surface area (Å²) in [4.78, 5) is 71.0. The first kappa shape index (κ1) is 87.4. The molecule has 3 saturated carbocycles. The van der Waals surface area contributed by atoms with Crippen molar-refractivity contribution in [3.05, 3.63) is 184 Å². The van der Waals surface area contributed by atoms with E-state index in [1.54, 1.807) is 0 Å². The molecule has 3 fully saturated rings. The highest BCUT2D eigenvalue weighted by molar-refractivity contribution is 5.89. The van der Waals surface area contributed by atoms with Crippen LogP contribution >= 0.6 is 0 Å². The first-order valence-corrected chi connectivity index (χ1v) is 42.1. The molecule has 0 heterocycles. The Labute approximate surface area is 673 Å². The van der Waals surface area contributed by atoms with E-state index in [1.807, 2.05) is 129 Å². The van der Waals surface area contributed by atoms with Crippen LogP contribution in [0.1, 0.15) is 210 Å². The number of aliphatic hydroxyl groups is 3. The number of carboxylic acids is 3. The zero-order chi connectivity index (χ0) is 81.0. The molecule has 0 amide bonds. The largest absolute Gasteiger partial charge is 0.482 e. The van der Waals surface area contributed by atoms with Crippen molar-refractivity contribution < 1.29 is 97.3 Å². The van der Waals surface area contributed by atoms with E-state index >= 15 is 0 Å². The topological polar surface area (TPSA) is 298 Å². The lowest BCUT2D eigenvalue weighted by molar-refractivity contribution is -0.153. The molecule has 6 aromatic carbocycles. The fourth-order valence-electron chi connectivity index (χ4n) is 18.8. The lowest BCUT2D eigenvalue weighted by Gasteiger charge is -2.32. The lowest BCUT2D eigenvalue weighted by Crippen LogP contribution is -2.29. The van der Waals surface area contributed by atoms with Gasteiger partial charge in [-0.1, -0.05) is 149 Å². The number of aliphatic hydroxyl groups excluding tert-OH is 3. The Bertz CT molecular complexity index is 4030. The molecule has 6 N–H and O–H groups in total. The van der Waals surface area contributed by atoms with Gasteiger partial charge in [-0.2, -0.15) is 0 Å². The first-order valence-electron chi connectivity index (χ1n) is 42.1. The van der Waals surface area contributed by atoms with E-state index < -0.39 is 30.1 Å². The monoisotopic (exact) mass is 1570 g/mol. The SMILES string of the molecule is CCCCC[C@@H](CC[C@@H]1[C@H]2Cc3cccc(OCC(=O)O)c3C[C@H]2C[C@H]1O)OC(=O)COc1ccc(C)cc1.CCCCC[C@@H](CC[C@@H]1[C@H]2Cc3cccc(OCC(=O)O)c3C[C@H]2C[C@H]1O)OC(=O)COc1ccccc1.CCCCC[C@@H](CC[C@@H]1[C@H]2Cc3cccc(OCC(=O)O)c3C[C@H]2C[C@H]1O)OC(=O)c1ccc(C)cc1. The molecule has 12 rings (SSSR count). The first-order chi connectivity index (χ1) is 55.1. The Kier molecular flexibility index (Phi) is 33.9. The number of rotatable bonds is 40. The van der Waals surface area contributed by atoms with Crippen molar-refractivity contribution in [3.8, 4) is 28.7 Å². The van der Waals surface area contributed by atoms with Gasteiger partial charge < -0.3 is 68.5 Å². The summed E-state index contributed by atoms with van der Waals surface area (Å²) in [6, 6.07) is 41.9. The van der Waals surface area contributed by atoms with Gasteiger partial charge in [0.15, 0.2) is 33.0 Å². The number of fused-ring (bicyclic) bond motifs is 6. The normalized spacial score (nSPS) is 22.7. The third kappa shape index (κ3) is 25.8. The summed E-state index contributed by atoms with van der Waals surface area (Å²) in [6.07, 6.45) is 22.1. The molecular formula is C94H122O20. The van der Waals surface area contributed by atoms with Gasteiger partial charge in [-0.25, -0.2) is 28.8 Å². The van der Waals surface area contributed by atoms with Gasteiger partial charge in [-0.15, -0.1) is 0 Å². The second kappa shape index (κ2) is 44.2. The maximum atomic E-state index is 12.8. The van der Waals surface area contributed by atoms with Gasteiger partial charge in [0.2, 0.25) is 0 Å². The Hall–Kier alpha value is -8.98. The summed E-state index contributed by atoms with van der Waals surface area (Å²) < 4.78 is 45.6. The predicted octanol–water partition coefficient (Wildman–Crippen LogP) is 16.5. The lowest BCUT2D eigenvalue weighted by atomic mass is 9.73. The Morgan fingerprint density at radius 3 is 1.04 bits per heavy atom. The maximum absolute atomic E-state index is 12.8. The molecule has 6 aliphatic rings. The second-order valence-corrected chi connectivity index (χ2v) is 32.7. The molecule has 0 saturated heterocycles. The number of para-hydroxylation sites is 1. The van der Waals surface area contributed by atoms with Gasteiger partial charge in [0, 0.05) is 0 Å². The van der Waals surface area contributed by atoms with Crippen molar-refractivity contribution in [3.63, 3.8) is 0 Å². The Balaban J connectivity index is 0.000000181. The van der Waals surface area contributed by atoms with E-state index in [1.165, 1.54) is 16.7 Å². The van der Waals surface area contributed by atoms with E-state index in [0.29, 0.717) is 69.8 Å². The number of aliphatic carboxylic acids is 3. The third-order valence-electron chi connectivity index (χ3n) is 24.6. The zero-order valence-electron chi connectivity index (χ0n) is 67.4. The van der Waals surface area contributed by atoms with Crippen LogP contribution in [0, 0.1) is 67.1 Å². The molecule has 20 nitrogen and oxygen atoms in total. The summed E-state index contributed by atoms with van der Waals surface area (Å²) in [6.45, 7) is 9.18. The highest BCUT2D eigenvalue weighted by atomic mass is 16.6. The molecule has 15 atom stereocenters. The van der Waals surface area contributed by atoms with E-state index in [9.17, 15) is 44.1 Å². The summed E-state index contributed by atoms with van der Waals surface area (Å²) in [5.41, 5.74) is 9.60. The van der Waals surface area contributed by atoms with E-state index in [0.717, 1.165) is 201 Å². The molecule has 6 aromatic rings. The van der Waals surface area contributed by atoms with E-state index in [4.69, 9.17) is 53.2 Å². The van der Waals surface area contributed by atoms with Crippen molar-refractivity contribution in [1.29, 1.82) is 0 Å². The number of hydrogen-bond acceptors (Lipinski definition) is 17. The van der Waals surface area contributed by atoms with Crippen molar-refractivity contribution >= 4 is 35.8 Å².